The molecule has 0 aliphatic carbocycles. The standard InChI is InChI=1S/C30H25F3N6O4S/c1-42-24-14-18(20-3-2-4-23(27(20)33)38-44(40,41)25-15-19(31)6-7-22(25)32)13-21-28(24)36-29(17-5-8-26(34)35-16-17)37-30(21)39-9-11-43-12-10-39/h2-8,13-16,38H,9-12H2,1H3,(H2,34,35). The van der Waals surface area contributed by atoms with Gasteiger partial charge in [-0.2, -0.15) is 0 Å². The third kappa shape index (κ3) is 5.56. The second-order valence-corrected chi connectivity index (χ2v) is 11.5. The molecule has 0 unspecified atom stereocenters. The highest BCUT2D eigenvalue weighted by atomic mass is 32.2. The number of pyridine rings is 1. The number of halogens is 3. The van der Waals surface area contributed by atoms with Crippen molar-refractivity contribution in [3.05, 3.63) is 84.3 Å². The van der Waals surface area contributed by atoms with Crippen molar-refractivity contribution >= 4 is 38.2 Å². The number of nitrogens with zero attached hydrogens (tertiary/aromatic N) is 4. The van der Waals surface area contributed by atoms with E-state index in [9.17, 15) is 17.2 Å². The van der Waals surface area contributed by atoms with Crippen molar-refractivity contribution in [1.82, 2.24) is 15.0 Å². The Kier molecular flexibility index (Phi) is 7.69. The summed E-state index contributed by atoms with van der Waals surface area (Å²) < 4.78 is 83.0. The average molecular weight is 623 g/mol. The Morgan fingerprint density at radius 2 is 1.77 bits per heavy atom. The third-order valence-electron chi connectivity index (χ3n) is 7.06. The molecule has 2 aromatic heterocycles. The number of anilines is 3. The number of fused-ring (bicyclic) bond motifs is 1. The molecule has 3 aromatic carbocycles. The molecule has 0 spiro atoms. The van der Waals surface area contributed by atoms with E-state index < -0.39 is 38.1 Å². The van der Waals surface area contributed by atoms with Gasteiger partial charge in [0, 0.05) is 35.8 Å². The van der Waals surface area contributed by atoms with E-state index in [0.717, 1.165) is 6.07 Å². The molecule has 0 amide bonds. The van der Waals surface area contributed by atoms with Crippen LogP contribution in [0.3, 0.4) is 0 Å². The Balaban J connectivity index is 1.49. The predicted molar refractivity (Wildman–Crippen MR) is 159 cm³/mol. The number of ether oxygens (including phenoxy) is 2. The van der Waals surface area contributed by atoms with Crippen LogP contribution in [0.25, 0.3) is 33.4 Å². The number of morpholine rings is 1. The molecule has 0 radical (unpaired) electrons. The summed E-state index contributed by atoms with van der Waals surface area (Å²) in [4.78, 5) is 14.8. The lowest BCUT2D eigenvalue weighted by Crippen LogP contribution is -2.37. The fraction of sp³-hybridized carbons (Fsp3) is 0.167. The Bertz CT molecular complexity index is 1990. The molecule has 44 heavy (non-hydrogen) atoms. The van der Waals surface area contributed by atoms with E-state index in [1.807, 2.05) is 9.62 Å². The van der Waals surface area contributed by atoms with Crippen LogP contribution in [0.4, 0.5) is 30.5 Å². The van der Waals surface area contributed by atoms with Gasteiger partial charge in [0.25, 0.3) is 10.0 Å². The zero-order valence-corrected chi connectivity index (χ0v) is 24.0. The van der Waals surface area contributed by atoms with Gasteiger partial charge in [-0.05, 0) is 54.1 Å². The summed E-state index contributed by atoms with van der Waals surface area (Å²) in [5.41, 5.74) is 6.75. The van der Waals surface area contributed by atoms with Gasteiger partial charge in [0.1, 0.15) is 39.4 Å². The van der Waals surface area contributed by atoms with Gasteiger partial charge >= 0.3 is 0 Å². The predicted octanol–water partition coefficient (Wildman–Crippen LogP) is 5.00. The van der Waals surface area contributed by atoms with Gasteiger partial charge < -0.3 is 20.1 Å². The number of sulfonamides is 1. The fourth-order valence-corrected chi connectivity index (χ4v) is 6.05. The summed E-state index contributed by atoms with van der Waals surface area (Å²) in [6.07, 6.45) is 1.57. The number of methoxy groups -OCH3 is 1. The number of nitrogens with two attached hydrogens (primary N) is 1. The van der Waals surface area contributed by atoms with Gasteiger partial charge in [-0.1, -0.05) is 12.1 Å². The van der Waals surface area contributed by atoms with Crippen LogP contribution in [0.15, 0.2) is 71.8 Å². The molecule has 5 aromatic rings. The molecular formula is C30H25F3N6O4S. The van der Waals surface area contributed by atoms with Crippen molar-refractivity contribution in [2.45, 2.75) is 4.90 Å². The lowest BCUT2D eigenvalue weighted by atomic mass is 10.0. The largest absolute Gasteiger partial charge is 0.494 e. The molecule has 10 nitrogen and oxygen atoms in total. The number of aromatic nitrogens is 3. The quantitative estimate of drug-likeness (QED) is 0.257. The van der Waals surface area contributed by atoms with Gasteiger partial charge in [-0.15, -0.1) is 0 Å². The van der Waals surface area contributed by atoms with Crippen LogP contribution in [-0.2, 0) is 14.8 Å². The Morgan fingerprint density at radius 3 is 2.50 bits per heavy atom. The maximum atomic E-state index is 16.0. The fourth-order valence-electron chi connectivity index (χ4n) is 4.90. The normalized spacial score (nSPS) is 13.7. The first-order valence-corrected chi connectivity index (χ1v) is 14.8. The summed E-state index contributed by atoms with van der Waals surface area (Å²) >= 11 is 0. The van der Waals surface area contributed by atoms with Gasteiger partial charge in [-0.25, -0.2) is 36.5 Å². The van der Waals surface area contributed by atoms with Crippen LogP contribution in [0, 0.1) is 17.5 Å². The molecule has 6 rings (SSSR count). The van der Waals surface area contributed by atoms with Crippen molar-refractivity contribution in [3.8, 4) is 28.3 Å². The summed E-state index contributed by atoms with van der Waals surface area (Å²) in [6, 6.07) is 12.7. The van der Waals surface area contributed by atoms with Crippen molar-refractivity contribution in [2.24, 2.45) is 0 Å². The van der Waals surface area contributed by atoms with Crippen LogP contribution in [0.5, 0.6) is 5.75 Å². The lowest BCUT2D eigenvalue weighted by molar-refractivity contribution is 0.122. The van der Waals surface area contributed by atoms with Gasteiger partial charge in [0.15, 0.2) is 11.6 Å². The number of nitrogens with one attached hydrogen (secondary N) is 1. The molecule has 1 fully saturated rings. The average Bonchev–Trinajstić information content (AvgIpc) is 3.03. The topological polar surface area (TPSA) is 133 Å². The van der Waals surface area contributed by atoms with E-state index in [-0.39, 0.29) is 5.56 Å². The number of rotatable bonds is 7. The van der Waals surface area contributed by atoms with E-state index in [1.165, 1.54) is 25.3 Å². The van der Waals surface area contributed by atoms with E-state index in [2.05, 4.69) is 4.98 Å². The summed E-state index contributed by atoms with van der Waals surface area (Å²) in [5.74, 6) is -1.48. The third-order valence-corrected chi connectivity index (χ3v) is 8.44. The molecule has 0 saturated carbocycles. The zero-order chi connectivity index (χ0) is 31.0. The van der Waals surface area contributed by atoms with Gasteiger partial charge in [0.05, 0.1) is 26.0 Å². The highest BCUT2D eigenvalue weighted by molar-refractivity contribution is 7.92. The summed E-state index contributed by atoms with van der Waals surface area (Å²) in [7, 11) is -3.22. The minimum absolute atomic E-state index is 0.0184. The van der Waals surface area contributed by atoms with E-state index >= 15 is 4.39 Å². The van der Waals surface area contributed by atoms with E-state index in [0.29, 0.717) is 83.7 Å². The molecule has 0 atom stereocenters. The van der Waals surface area contributed by atoms with Crippen LogP contribution < -0.4 is 20.1 Å². The molecule has 226 valence electrons. The van der Waals surface area contributed by atoms with E-state index in [4.69, 9.17) is 25.2 Å². The van der Waals surface area contributed by atoms with Gasteiger partial charge in [-0.3, -0.25) is 4.72 Å². The Morgan fingerprint density at radius 1 is 0.977 bits per heavy atom. The van der Waals surface area contributed by atoms with Crippen LogP contribution >= 0.6 is 0 Å². The van der Waals surface area contributed by atoms with Crippen molar-refractivity contribution < 1.29 is 31.1 Å². The second-order valence-electron chi connectivity index (χ2n) is 9.86. The molecule has 3 heterocycles. The van der Waals surface area contributed by atoms with E-state index in [1.54, 1.807) is 30.5 Å². The van der Waals surface area contributed by atoms with Crippen LogP contribution in [0.2, 0.25) is 0 Å². The number of hydrogen-bond donors (Lipinski definition) is 2. The molecule has 1 aliphatic rings. The van der Waals surface area contributed by atoms with Crippen LogP contribution in [-0.4, -0.2) is 56.8 Å². The SMILES string of the molecule is COc1cc(-c2cccc(NS(=O)(=O)c3cc(F)ccc3F)c2F)cc2c(N3CCOCC3)nc(-c3ccc(N)nc3)nc12. The Hall–Kier alpha value is -4.95. The number of benzene rings is 3. The first-order chi connectivity index (χ1) is 21.1. The molecular weight excluding hydrogens is 597 g/mol. The number of hydrogen-bond acceptors (Lipinski definition) is 9. The highest BCUT2D eigenvalue weighted by Gasteiger charge is 2.25. The molecule has 14 heteroatoms. The lowest BCUT2D eigenvalue weighted by Gasteiger charge is -2.29. The first kappa shape index (κ1) is 29.1. The number of nitrogen functional groups attached to an aromatic ring is 1. The smallest absolute Gasteiger partial charge is 0.265 e. The highest BCUT2D eigenvalue weighted by Crippen LogP contribution is 2.39. The molecule has 1 saturated heterocycles. The maximum absolute atomic E-state index is 16.0. The minimum Gasteiger partial charge on any atom is -0.494 e. The van der Waals surface area contributed by atoms with Crippen molar-refractivity contribution in [3.63, 3.8) is 0 Å². The summed E-state index contributed by atoms with van der Waals surface area (Å²) in [5, 5.41) is 0.556. The van der Waals surface area contributed by atoms with Crippen molar-refractivity contribution in [2.75, 3.05) is 48.8 Å². The van der Waals surface area contributed by atoms with Crippen LogP contribution in [0.1, 0.15) is 0 Å². The second kappa shape index (κ2) is 11.6. The monoisotopic (exact) mass is 622 g/mol. The zero-order valence-electron chi connectivity index (χ0n) is 23.2. The Labute approximate surface area is 250 Å². The summed E-state index contributed by atoms with van der Waals surface area (Å²) in [6.45, 7) is 2.04. The minimum atomic E-state index is -4.67. The van der Waals surface area contributed by atoms with Gasteiger partial charge in [0.2, 0.25) is 0 Å². The maximum Gasteiger partial charge on any atom is 0.265 e. The van der Waals surface area contributed by atoms with Crippen molar-refractivity contribution in [1.29, 1.82) is 0 Å². The first-order valence-electron chi connectivity index (χ1n) is 13.4. The molecule has 3 N–H and O–H groups in total. The molecule has 0 bridgehead atoms. The molecule has 1 aliphatic heterocycles.